The molecule has 0 bridgehead atoms. The number of aliphatic hydroxyl groups is 1. The minimum Gasteiger partial charge on any atom is -0.493 e. The van der Waals surface area contributed by atoms with Crippen LogP contribution in [0, 0.1) is 0 Å². The molecule has 0 radical (unpaired) electrons. The van der Waals surface area contributed by atoms with Crippen molar-refractivity contribution >= 4 is 5.91 Å². The van der Waals surface area contributed by atoms with Gasteiger partial charge in [0.2, 0.25) is 5.91 Å². The van der Waals surface area contributed by atoms with Gasteiger partial charge >= 0.3 is 0 Å². The van der Waals surface area contributed by atoms with E-state index in [1.807, 2.05) is 24.3 Å². The zero-order valence-corrected chi connectivity index (χ0v) is 10.2. The van der Waals surface area contributed by atoms with Crippen molar-refractivity contribution in [3.8, 4) is 5.75 Å². The molecule has 2 atom stereocenters. The minimum absolute atomic E-state index is 0.111. The van der Waals surface area contributed by atoms with Crippen LogP contribution in [0.15, 0.2) is 24.3 Å². The molecule has 2 aliphatic rings. The molecule has 0 aliphatic carbocycles. The highest BCUT2D eigenvalue weighted by Gasteiger charge is 2.33. The van der Waals surface area contributed by atoms with Crippen LogP contribution < -0.4 is 4.74 Å². The fourth-order valence-corrected chi connectivity index (χ4v) is 2.76. The number of benzene rings is 1. The predicted molar refractivity (Wildman–Crippen MR) is 66.5 cm³/mol. The summed E-state index contributed by atoms with van der Waals surface area (Å²) >= 11 is 0. The highest BCUT2D eigenvalue weighted by atomic mass is 16.5. The first-order chi connectivity index (χ1) is 8.75. The van der Waals surface area contributed by atoms with Gasteiger partial charge in [-0.15, -0.1) is 0 Å². The van der Waals surface area contributed by atoms with Gasteiger partial charge in [-0.2, -0.15) is 0 Å². The molecule has 0 aromatic heterocycles. The number of aliphatic hydroxyl groups excluding tert-OH is 1. The number of hydrogen-bond donors (Lipinski definition) is 1. The number of para-hydroxylation sites is 1. The summed E-state index contributed by atoms with van der Waals surface area (Å²) in [5.41, 5.74) is 0.982. The number of nitrogens with zero attached hydrogens (tertiary/aromatic N) is 1. The van der Waals surface area contributed by atoms with E-state index in [1.165, 1.54) is 0 Å². The van der Waals surface area contributed by atoms with Crippen molar-refractivity contribution in [1.29, 1.82) is 0 Å². The Morgan fingerprint density at radius 2 is 2.17 bits per heavy atom. The van der Waals surface area contributed by atoms with E-state index in [4.69, 9.17) is 4.74 Å². The Labute approximate surface area is 106 Å². The van der Waals surface area contributed by atoms with Crippen molar-refractivity contribution in [3.05, 3.63) is 29.8 Å². The minimum atomic E-state index is -0.357. The zero-order valence-electron chi connectivity index (χ0n) is 10.2. The summed E-state index contributed by atoms with van der Waals surface area (Å²) in [6.07, 6.45) is 1.06. The molecule has 0 spiro atoms. The molecular formula is C14H17NO3. The maximum atomic E-state index is 12.5. The van der Waals surface area contributed by atoms with Gasteiger partial charge in [0.25, 0.3) is 0 Å². The summed E-state index contributed by atoms with van der Waals surface area (Å²) in [5.74, 6) is 0.837. The molecule has 2 heterocycles. The van der Waals surface area contributed by atoms with Gasteiger partial charge in [0.1, 0.15) is 5.75 Å². The van der Waals surface area contributed by atoms with Crippen molar-refractivity contribution in [2.75, 3.05) is 19.7 Å². The molecular weight excluding hydrogens is 230 g/mol. The molecule has 4 heteroatoms. The summed E-state index contributed by atoms with van der Waals surface area (Å²) < 4.78 is 5.57. The van der Waals surface area contributed by atoms with Crippen LogP contribution in [0.25, 0.3) is 0 Å². The molecule has 0 saturated carbocycles. The second kappa shape index (κ2) is 4.61. The maximum Gasteiger partial charge on any atom is 0.230 e. The highest BCUT2D eigenvalue weighted by molar-refractivity contribution is 5.85. The molecule has 1 aromatic rings. The summed E-state index contributed by atoms with van der Waals surface area (Å²) in [4.78, 5) is 14.2. The average Bonchev–Trinajstić information content (AvgIpc) is 2.84. The summed E-state index contributed by atoms with van der Waals surface area (Å²) in [6, 6.07) is 7.73. The molecule has 1 fully saturated rings. The monoisotopic (exact) mass is 247 g/mol. The van der Waals surface area contributed by atoms with E-state index in [2.05, 4.69) is 0 Å². The number of fused-ring (bicyclic) bond motifs is 1. The average molecular weight is 247 g/mol. The molecule has 1 N–H and O–H groups in total. The molecule has 3 rings (SSSR count). The number of carbonyl (C=O) groups is 1. The second-order valence-corrected chi connectivity index (χ2v) is 4.95. The van der Waals surface area contributed by atoms with Crippen LogP contribution in [-0.2, 0) is 4.79 Å². The van der Waals surface area contributed by atoms with E-state index in [1.54, 1.807) is 4.90 Å². The quantitative estimate of drug-likeness (QED) is 0.809. The highest BCUT2D eigenvalue weighted by Crippen LogP contribution is 2.35. The molecule has 1 amide bonds. The topological polar surface area (TPSA) is 49.8 Å². The molecule has 1 saturated heterocycles. The molecule has 4 nitrogen and oxygen atoms in total. The van der Waals surface area contributed by atoms with E-state index in [-0.39, 0.29) is 17.9 Å². The number of ether oxygens (including phenoxy) is 1. The number of carbonyl (C=O) groups excluding carboxylic acids is 1. The Bertz CT molecular complexity index is 460. The van der Waals surface area contributed by atoms with E-state index in [9.17, 15) is 9.90 Å². The number of rotatable bonds is 1. The van der Waals surface area contributed by atoms with Gasteiger partial charge in [-0.25, -0.2) is 0 Å². The number of amides is 1. The Kier molecular flexibility index (Phi) is 2.96. The van der Waals surface area contributed by atoms with E-state index >= 15 is 0 Å². The Balaban J connectivity index is 1.83. The van der Waals surface area contributed by atoms with Crippen LogP contribution in [0.5, 0.6) is 5.75 Å². The van der Waals surface area contributed by atoms with Crippen LogP contribution >= 0.6 is 0 Å². The third-order valence-corrected chi connectivity index (χ3v) is 3.73. The predicted octanol–water partition coefficient (Wildman–Crippen LogP) is 1.15. The second-order valence-electron chi connectivity index (χ2n) is 4.95. The zero-order chi connectivity index (χ0) is 12.5. The Morgan fingerprint density at radius 3 is 2.94 bits per heavy atom. The van der Waals surface area contributed by atoms with Crippen LogP contribution in [0.1, 0.15) is 24.3 Å². The Hall–Kier alpha value is -1.55. The van der Waals surface area contributed by atoms with Crippen molar-refractivity contribution in [2.24, 2.45) is 0 Å². The summed E-state index contributed by atoms with van der Waals surface area (Å²) in [5, 5.41) is 9.52. The first-order valence-electron chi connectivity index (χ1n) is 6.44. The van der Waals surface area contributed by atoms with Gasteiger partial charge in [-0.3, -0.25) is 4.79 Å². The fourth-order valence-electron chi connectivity index (χ4n) is 2.76. The lowest BCUT2D eigenvalue weighted by molar-refractivity contribution is -0.132. The smallest absolute Gasteiger partial charge is 0.230 e. The van der Waals surface area contributed by atoms with Crippen molar-refractivity contribution < 1.29 is 14.6 Å². The van der Waals surface area contributed by atoms with E-state index < -0.39 is 0 Å². The van der Waals surface area contributed by atoms with Gasteiger partial charge in [-0.05, 0) is 18.9 Å². The first kappa shape index (κ1) is 11.5. The van der Waals surface area contributed by atoms with Gasteiger partial charge in [0.05, 0.1) is 18.6 Å². The lowest BCUT2D eigenvalue weighted by Gasteiger charge is -2.28. The third-order valence-electron chi connectivity index (χ3n) is 3.73. The third kappa shape index (κ3) is 1.97. The fraction of sp³-hybridized carbons (Fsp3) is 0.500. The van der Waals surface area contributed by atoms with Crippen LogP contribution in [0.3, 0.4) is 0 Å². The van der Waals surface area contributed by atoms with Gasteiger partial charge in [-0.1, -0.05) is 18.2 Å². The van der Waals surface area contributed by atoms with Crippen molar-refractivity contribution in [1.82, 2.24) is 4.90 Å². The number of β-amino-alcohol motifs (C(OH)–C–C–N with tert-alkyl or cyclic N) is 1. The molecule has 2 aliphatic heterocycles. The van der Waals surface area contributed by atoms with Gasteiger partial charge in [0.15, 0.2) is 0 Å². The SMILES string of the molecule is O=C(C1CCOc2ccccc21)N1CC[C@H](O)C1. The standard InChI is InChI=1S/C14H17NO3/c16-10-5-7-15(9-10)14(17)12-6-8-18-13-4-2-1-3-11(12)13/h1-4,10,12,16H,5-9H2/t10-,12?/m0/s1. The van der Waals surface area contributed by atoms with Crippen molar-refractivity contribution in [3.63, 3.8) is 0 Å². The normalized spacial score (nSPS) is 26.6. The molecule has 1 unspecified atom stereocenters. The summed E-state index contributed by atoms with van der Waals surface area (Å²) in [7, 11) is 0. The van der Waals surface area contributed by atoms with Crippen LogP contribution in [0.2, 0.25) is 0 Å². The number of hydrogen-bond acceptors (Lipinski definition) is 3. The summed E-state index contributed by atoms with van der Waals surface area (Å²) in [6.45, 7) is 1.72. The van der Waals surface area contributed by atoms with Crippen LogP contribution in [-0.4, -0.2) is 41.7 Å². The van der Waals surface area contributed by atoms with E-state index in [0.717, 1.165) is 17.7 Å². The first-order valence-corrected chi connectivity index (χ1v) is 6.44. The maximum absolute atomic E-state index is 12.5. The van der Waals surface area contributed by atoms with E-state index in [0.29, 0.717) is 26.1 Å². The molecule has 1 aromatic carbocycles. The Morgan fingerprint density at radius 1 is 1.33 bits per heavy atom. The largest absolute Gasteiger partial charge is 0.493 e. The molecule has 96 valence electrons. The lowest BCUT2D eigenvalue weighted by atomic mass is 9.92. The van der Waals surface area contributed by atoms with Gasteiger partial charge < -0.3 is 14.7 Å². The van der Waals surface area contributed by atoms with Gasteiger partial charge in [0, 0.05) is 18.7 Å². The lowest BCUT2D eigenvalue weighted by Crippen LogP contribution is -2.36. The number of likely N-dealkylation sites (tertiary alicyclic amines) is 1. The van der Waals surface area contributed by atoms with Crippen LogP contribution in [0.4, 0.5) is 0 Å². The van der Waals surface area contributed by atoms with Crippen molar-refractivity contribution in [2.45, 2.75) is 24.9 Å². The molecule has 18 heavy (non-hydrogen) atoms.